The standard InChI is InChI=1S/C6H8ClNO3/c1-4(9)11-5-2-8(3-5)6(7)10/h5H,2-3H2,1H3. The minimum Gasteiger partial charge on any atom is -0.459 e. The number of hydrogen-bond donors (Lipinski definition) is 0. The number of amides is 1. The van der Waals surface area contributed by atoms with Crippen LogP contribution in [0.25, 0.3) is 0 Å². The number of ether oxygens (including phenoxy) is 1. The number of carbonyl (C=O) groups is 2. The van der Waals surface area contributed by atoms with Crippen LogP contribution in [-0.2, 0) is 9.53 Å². The second-order valence-corrected chi connectivity index (χ2v) is 2.71. The molecule has 1 aliphatic rings. The van der Waals surface area contributed by atoms with Crippen molar-refractivity contribution in [3.8, 4) is 0 Å². The smallest absolute Gasteiger partial charge is 0.316 e. The maximum Gasteiger partial charge on any atom is 0.316 e. The van der Waals surface area contributed by atoms with Gasteiger partial charge in [0.15, 0.2) is 0 Å². The first-order chi connectivity index (χ1) is 5.09. The van der Waals surface area contributed by atoms with Crippen LogP contribution in [0.4, 0.5) is 4.79 Å². The van der Waals surface area contributed by atoms with E-state index in [1.807, 2.05) is 0 Å². The number of esters is 1. The van der Waals surface area contributed by atoms with E-state index in [2.05, 4.69) is 0 Å². The molecular formula is C6H8ClNO3. The van der Waals surface area contributed by atoms with E-state index in [1.54, 1.807) is 0 Å². The van der Waals surface area contributed by atoms with Crippen LogP contribution in [0.3, 0.4) is 0 Å². The predicted octanol–water partition coefficient (Wildman–Crippen LogP) is 0.593. The van der Waals surface area contributed by atoms with Gasteiger partial charge in [0, 0.05) is 6.92 Å². The molecule has 0 aromatic carbocycles. The highest BCUT2D eigenvalue weighted by molar-refractivity contribution is 6.62. The molecule has 0 bridgehead atoms. The molecule has 11 heavy (non-hydrogen) atoms. The third kappa shape index (κ3) is 2.08. The van der Waals surface area contributed by atoms with Crippen molar-refractivity contribution in [3.05, 3.63) is 0 Å². The van der Waals surface area contributed by atoms with E-state index in [0.29, 0.717) is 13.1 Å². The molecule has 5 heteroatoms. The summed E-state index contributed by atoms with van der Waals surface area (Å²) in [5, 5.41) is -0.492. The molecule has 0 aromatic rings. The summed E-state index contributed by atoms with van der Waals surface area (Å²) in [4.78, 5) is 22.2. The zero-order valence-corrected chi connectivity index (χ0v) is 6.80. The maximum absolute atomic E-state index is 10.4. The maximum atomic E-state index is 10.4. The van der Waals surface area contributed by atoms with Crippen molar-refractivity contribution in [2.24, 2.45) is 0 Å². The van der Waals surface area contributed by atoms with Crippen molar-refractivity contribution in [2.75, 3.05) is 13.1 Å². The van der Waals surface area contributed by atoms with Gasteiger partial charge >= 0.3 is 11.3 Å². The summed E-state index contributed by atoms with van der Waals surface area (Å²) in [7, 11) is 0. The highest BCUT2D eigenvalue weighted by Gasteiger charge is 2.31. The first-order valence-corrected chi connectivity index (χ1v) is 3.59. The Morgan fingerprint density at radius 3 is 2.45 bits per heavy atom. The molecule has 0 atom stereocenters. The van der Waals surface area contributed by atoms with Crippen molar-refractivity contribution in [2.45, 2.75) is 13.0 Å². The van der Waals surface area contributed by atoms with Crippen molar-refractivity contribution in [1.82, 2.24) is 4.90 Å². The Balaban J connectivity index is 2.19. The van der Waals surface area contributed by atoms with E-state index in [9.17, 15) is 9.59 Å². The van der Waals surface area contributed by atoms with Gasteiger partial charge in [-0.3, -0.25) is 9.59 Å². The summed E-state index contributed by atoms with van der Waals surface area (Å²) in [5.74, 6) is -0.323. The lowest BCUT2D eigenvalue weighted by molar-refractivity contribution is -0.152. The van der Waals surface area contributed by atoms with Gasteiger partial charge in [-0.15, -0.1) is 0 Å². The highest BCUT2D eigenvalue weighted by atomic mass is 35.5. The molecule has 1 fully saturated rings. The minimum absolute atomic E-state index is 0.157. The minimum atomic E-state index is -0.492. The number of carbonyl (C=O) groups excluding carboxylic acids is 2. The van der Waals surface area contributed by atoms with Crippen LogP contribution in [0.15, 0.2) is 0 Å². The van der Waals surface area contributed by atoms with Crippen molar-refractivity contribution < 1.29 is 14.3 Å². The fourth-order valence-corrected chi connectivity index (χ4v) is 1.03. The first kappa shape index (κ1) is 8.33. The summed E-state index contributed by atoms with van der Waals surface area (Å²) in [6.45, 7) is 2.18. The van der Waals surface area contributed by atoms with Crippen molar-refractivity contribution in [1.29, 1.82) is 0 Å². The largest absolute Gasteiger partial charge is 0.459 e. The number of halogens is 1. The lowest BCUT2D eigenvalue weighted by Crippen LogP contribution is -2.53. The zero-order valence-electron chi connectivity index (χ0n) is 6.04. The quantitative estimate of drug-likeness (QED) is 0.335. The third-order valence-corrected chi connectivity index (χ3v) is 1.67. The summed E-state index contributed by atoms with van der Waals surface area (Å²) in [5.41, 5.74) is 0. The van der Waals surface area contributed by atoms with Gasteiger partial charge in [-0.05, 0) is 11.6 Å². The van der Waals surface area contributed by atoms with Crippen molar-refractivity contribution >= 4 is 22.9 Å². The molecule has 0 spiro atoms. The van der Waals surface area contributed by atoms with Crippen LogP contribution in [0.5, 0.6) is 0 Å². The number of hydrogen-bond acceptors (Lipinski definition) is 3. The topological polar surface area (TPSA) is 46.6 Å². The zero-order chi connectivity index (χ0) is 8.43. The molecule has 0 radical (unpaired) electrons. The highest BCUT2D eigenvalue weighted by Crippen LogP contribution is 2.13. The molecule has 0 aromatic heterocycles. The van der Waals surface area contributed by atoms with Crippen LogP contribution in [0, 0.1) is 0 Å². The van der Waals surface area contributed by atoms with Gasteiger partial charge in [-0.25, -0.2) is 0 Å². The van der Waals surface area contributed by atoms with Gasteiger partial charge in [0.1, 0.15) is 6.10 Å². The van der Waals surface area contributed by atoms with Crippen LogP contribution in [0.1, 0.15) is 6.92 Å². The van der Waals surface area contributed by atoms with Gasteiger partial charge in [-0.2, -0.15) is 0 Å². The predicted molar refractivity (Wildman–Crippen MR) is 38.4 cm³/mol. The summed E-state index contributed by atoms with van der Waals surface area (Å²) in [6, 6.07) is 0. The molecule has 0 unspecified atom stereocenters. The van der Waals surface area contributed by atoms with Crippen LogP contribution >= 0.6 is 11.6 Å². The summed E-state index contributed by atoms with van der Waals surface area (Å²) in [6.07, 6.45) is -0.157. The van der Waals surface area contributed by atoms with E-state index in [0.717, 1.165) is 0 Å². The van der Waals surface area contributed by atoms with Crippen LogP contribution in [0.2, 0.25) is 0 Å². The molecule has 0 aliphatic carbocycles. The van der Waals surface area contributed by atoms with Gasteiger partial charge in [0.2, 0.25) is 0 Å². The van der Waals surface area contributed by atoms with Gasteiger partial charge in [0.05, 0.1) is 13.1 Å². The van der Waals surface area contributed by atoms with Gasteiger partial charge in [0.25, 0.3) is 0 Å². The summed E-state index contributed by atoms with van der Waals surface area (Å²) < 4.78 is 4.78. The number of likely N-dealkylation sites (tertiary alicyclic amines) is 1. The number of rotatable bonds is 1. The summed E-state index contributed by atoms with van der Waals surface area (Å²) >= 11 is 5.13. The van der Waals surface area contributed by atoms with Gasteiger partial charge < -0.3 is 9.64 Å². The monoisotopic (exact) mass is 177 g/mol. The third-order valence-electron chi connectivity index (χ3n) is 1.43. The normalized spacial score (nSPS) is 17.5. The van der Waals surface area contributed by atoms with E-state index in [-0.39, 0.29) is 12.1 Å². The Bertz CT molecular complexity index is 188. The Morgan fingerprint density at radius 1 is 1.55 bits per heavy atom. The molecule has 1 saturated heterocycles. The van der Waals surface area contributed by atoms with E-state index >= 15 is 0 Å². The van der Waals surface area contributed by atoms with E-state index in [4.69, 9.17) is 16.3 Å². The SMILES string of the molecule is CC(=O)OC1CN(C(=O)Cl)C1. The second kappa shape index (κ2) is 3.09. The Hall–Kier alpha value is -0.770. The molecule has 0 N–H and O–H groups in total. The first-order valence-electron chi connectivity index (χ1n) is 3.21. The molecule has 4 nitrogen and oxygen atoms in total. The van der Waals surface area contributed by atoms with E-state index in [1.165, 1.54) is 11.8 Å². The molecule has 1 heterocycles. The molecular weight excluding hydrogens is 170 g/mol. The Morgan fingerprint density at radius 2 is 2.09 bits per heavy atom. The molecule has 1 aliphatic heterocycles. The van der Waals surface area contributed by atoms with E-state index < -0.39 is 5.37 Å². The average molecular weight is 178 g/mol. The Kier molecular flexibility index (Phi) is 2.34. The van der Waals surface area contributed by atoms with Crippen LogP contribution < -0.4 is 0 Å². The van der Waals surface area contributed by atoms with Crippen LogP contribution in [-0.4, -0.2) is 35.4 Å². The molecule has 62 valence electrons. The number of nitrogens with zero attached hydrogens (tertiary/aromatic N) is 1. The lowest BCUT2D eigenvalue weighted by atomic mass is 10.2. The fraction of sp³-hybridized carbons (Fsp3) is 0.667. The second-order valence-electron chi connectivity index (χ2n) is 2.39. The molecule has 1 rings (SSSR count). The average Bonchev–Trinajstić information content (AvgIpc) is 1.75. The van der Waals surface area contributed by atoms with Crippen molar-refractivity contribution in [3.63, 3.8) is 0 Å². The molecule has 1 amide bonds. The fourth-order valence-electron chi connectivity index (χ4n) is 0.891. The van der Waals surface area contributed by atoms with Gasteiger partial charge in [-0.1, -0.05) is 0 Å². The lowest BCUT2D eigenvalue weighted by Gasteiger charge is -2.36. The molecule has 0 saturated carbocycles. The Labute approximate surface area is 69.1 Å².